The van der Waals surface area contributed by atoms with Crippen LogP contribution in [0.2, 0.25) is 0 Å². The summed E-state index contributed by atoms with van der Waals surface area (Å²) in [6.45, 7) is 0. The first-order chi connectivity index (χ1) is 11.5. The van der Waals surface area contributed by atoms with Crippen molar-refractivity contribution in [2.75, 3.05) is 0 Å². The topological polar surface area (TPSA) is 206 Å². The van der Waals surface area contributed by atoms with Crippen molar-refractivity contribution in [3.63, 3.8) is 0 Å². The number of aromatic hydroxyl groups is 6. The number of carboxylic acid groups (broad SMARTS) is 2. The lowest BCUT2D eigenvalue weighted by Gasteiger charge is -2.33. The number of aliphatic carboxylic acids is 2. The smallest absolute Gasteiger partial charge is 0.351 e. The van der Waals surface area contributed by atoms with Gasteiger partial charge in [0.1, 0.15) is 0 Å². The zero-order valence-corrected chi connectivity index (χ0v) is 12.4. The van der Waals surface area contributed by atoms with Gasteiger partial charge in [0, 0.05) is 18.6 Å². The monoisotopic (exact) mass is 358 g/mol. The van der Waals surface area contributed by atoms with E-state index in [4.69, 9.17) is 5.11 Å². The van der Waals surface area contributed by atoms with E-state index in [9.17, 15) is 45.3 Å². The Morgan fingerprint density at radius 1 is 0.840 bits per heavy atom. The van der Waals surface area contributed by atoms with Gasteiger partial charge in [-0.2, -0.15) is 0 Å². The molecule has 0 atom stereocenters. The molecule has 0 saturated heterocycles. The fourth-order valence-electron chi connectivity index (χ4n) is 2.58. The fraction of sp³-hybridized carbons (Fsp3) is 0.231. The summed E-state index contributed by atoms with van der Waals surface area (Å²) in [5.41, 5.74) is -2.83. The molecule has 0 amide bonds. The highest BCUT2D eigenvalue weighted by atomic mass is 16.4. The molecule has 2 heterocycles. The van der Waals surface area contributed by atoms with Crippen LogP contribution in [0.4, 0.5) is 0 Å². The number of hydrogen-bond donors (Lipinski definition) is 8. The molecule has 0 aliphatic heterocycles. The third-order valence-electron chi connectivity index (χ3n) is 3.64. The summed E-state index contributed by atoms with van der Waals surface area (Å²) in [6.07, 6.45) is -1.75. The third-order valence-corrected chi connectivity index (χ3v) is 3.64. The van der Waals surface area contributed by atoms with Crippen LogP contribution >= 0.6 is 0 Å². The first-order valence-electron chi connectivity index (χ1n) is 6.65. The number of aromatic nitrogens is 2. The average molecular weight is 358 g/mol. The third kappa shape index (κ3) is 2.49. The van der Waals surface area contributed by atoms with Crippen molar-refractivity contribution in [1.82, 2.24) is 9.13 Å². The molecule has 136 valence electrons. The summed E-state index contributed by atoms with van der Waals surface area (Å²) >= 11 is 0. The van der Waals surface area contributed by atoms with Crippen LogP contribution in [0.25, 0.3) is 0 Å². The van der Waals surface area contributed by atoms with Crippen molar-refractivity contribution >= 4 is 11.9 Å². The number of nitrogens with zero attached hydrogens (tertiary/aromatic N) is 2. The number of carboxylic acids is 2. The maximum atomic E-state index is 12.0. The zero-order chi connectivity index (χ0) is 19.1. The van der Waals surface area contributed by atoms with Crippen LogP contribution in [0.15, 0.2) is 12.1 Å². The van der Waals surface area contributed by atoms with E-state index in [1.807, 2.05) is 0 Å². The van der Waals surface area contributed by atoms with E-state index in [1.54, 1.807) is 0 Å². The molecule has 0 bridgehead atoms. The molecule has 0 aromatic carbocycles. The number of hydrogen-bond acceptors (Lipinski definition) is 8. The molecule has 0 spiro atoms. The van der Waals surface area contributed by atoms with Crippen molar-refractivity contribution in [3.05, 3.63) is 12.1 Å². The van der Waals surface area contributed by atoms with E-state index in [1.165, 1.54) is 0 Å². The minimum Gasteiger partial charge on any atom is -0.503 e. The minimum atomic E-state index is -2.83. The summed E-state index contributed by atoms with van der Waals surface area (Å²) in [6, 6.07) is 1.15. The summed E-state index contributed by atoms with van der Waals surface area (Å²) in [7, 11) is 0. The van der Waals surface area contributed by atoms with Gasteiger partial charge in [0.15, 0.2) is 23.3 Å². The average Bonchev–Trinajstić information content (AvgIpc) is 2.90. The Labute approximate surface area is 138 Å². The van der Waals surface area contributed by atoms with Gasteiger partial charge in [-0.15, -0.1) is 0 Å². The van der Waals surface area contributed by atoms with E-state index in [2.05, 4.69) is 0 Å². The molecule has 0 aliphatic rings. The van der Waals surface area contributed by atoms with E-state index < -0.39 is 65.5 Å². The fourth-order valence-corrected chi connectivity index (χ4v) is 2.58. The van der Waals surface area contributed by atoms with Gasteiger partial charge in [0.25, 0.3) is 0 Å². The second-order valence-corrected chi connectivity index (χ2v) is 5.11. The molecular formula is C13H14N2O10. The van der Waals surface area contributed by atoms with E-state index in [-0.39, 0.29) is 9.13 Å². The van der Waals surface area contributed by atoms with Crippen LogP contribution in [-0.2, 0) is 15.3 Å². The minimum absolute atomic E-state index is 0.201. The highest BCUT2D eigenvalue weighted by molar-refractivity contribution is 5.80. The maximum absolute atomic E-state index is 12.0. The Morgan fingerprint density at radius 2 is 1.24 bits per heavy atom. The number of carbonyl (C=O) groups is 2. The first-order valence-corrected chi connectivity index (χ1v) is 6.65. The number of rotatable bonds is 6. The van der Waals surface area contributed by atoms with Gasteiger partial charge in [-0.3, -0.25) is 4.79 Å². The van der Waals surface area contributed by atoms with Gasteiger partial charge >= 0.3 is 11.9 Å². The Balaban J connectivity index is 2.91. The maximum Gasteiger partial charge on any atom is 0.351 e. The molecule has 0 radical (unpaired) electrons. The van der Waals surface area contributed by atoms with Crippen molar-refractivity contribution < 1.29 is 50.4 Å². The van der Waals surface area contributed by atoms with Crippen molar-refractivity contribution in [3.8, 4) is 35.0 Å². The van der Waals surface area contributed by atoms with Crippen molar-refractivity contribution in [2.45, 2.75) is 18.5 Å². The molecule has 25 heavy (non-hydrogen) atoms. The lowest BCUT2D eigenvalue weighted by atomic mass is 10.0. The Morgan fingerprint density at radius 3 is 1.48 bits per heavy atom. The normalized spacial score (nSPS) is 11.5. The largest absolute Gasteiger partial charge is 0.503 e. The van der Waals surface area contributed by atoms with Gasteiger partial charge in [-0.25, -0.2) is 13.9 Å². The van der Waals surface area contributed by atoms with Crippen LogP contribution in [0.5, 0.6) is 35.0 Å². The van der Waals surface area contributed by atoms with Crippen LogP contribution in [0.3, 0.4) is 0 Å². The molecule has 2 aromatic heterocycles. The lowest BCUT2D eigenvalue weighted by Crippen LogP contribution is -2.48. The predicted octanol–water partition coefficient (Wildman–Crippen LogP) is -0.326. The highest BCUT2D eigenvalue weighted by Gasteiger charge is 2.49. The molecule has 0 saturated carbocycles. The SMILES string of the molecule is O=C(O)CCC(C(=O)O)(n1c(O)cc(O)c1O)n1c(O)cc(O)c1O. The van der Waals surface area contributed by atoms with Gasteiger partial charge in [-0.1, -0.05) is 0 Å². The second kappa shape index (κ2) is 5.74. The molecule has 0 fully saturated rings. The van der Waals surface area contributed by atoms with Gasteiger partial charge in [-0.05, 0) is 0 Å². The van der Waals surface area contributed by atoms with E-state index >= 15 is 0 Å². The predicted molar refractivity (Wildman–Crippen MR) is 76.7 cm³/mol. The van der Waals surface area contributed by atoms with Gasteiger partial charge in [0.2, 0.25) is 17.4 Å². The molecule has 0 unspecified atom stereocenters. The standard InChI is InChI=1S/C13H14N2O10/c16-5-3-7(18)14(10(5)22)13(12(24)25,2-1-9(20)21)15-8(19)4-6(17)11(15)23/h3-4,16-19,22-23H,1-2H2,(H,20,21)(H,24,25). The molecule has 0 aliphatic carbocycles. The lowest BCUT2D eigenvalue weighted by molar-refractivity contribution is -0.152. The van der Waals surface area contributed by atoms with Crippen LogP contribution in [-0.4, -0.2) is 61.9 Å². The van der Waals surface area contributed by atoms with Crippen LogP contribution in [0.1, 0.15) is 12.8 Å². The van der Waals surface area contributed by atoms with Gasteiger partial charge < -0.3 is 40.9 Å². The first kappa shape index (κ1) is 17.7. The molecule has 12 nitrogen and oxygen atoms in total. The summed E-state index contributed by atoms with van der Waals surface area (Å²) < 4.78 is 0.402. The molecule has 2 aromatic rings. The van der Waals surface area contributed by atoms with Gasteiger partial charge in [0.05, 0.1) is 6.42 Å². The Bertz CT molecular complexity index is 797. The molecule has 2 rings (SSSR count). The quantitative estimate of drug-likeness (QED) is 0.337. The van der Waals surface area contributed by atoms with Crippen LogP contribution < -0.4 is 0 Å². The van der Waals surface area contributed by atoms with Crippen LogP contribution in [0, 0.1) is 0 Å². The zero-order valence-electron chi connectivity index (χ0n) is 12.4. The van der Waals surface area contributed by atoms with E-state index in [0.29, 0.717) is 12.1 Å². The van der Waals surface area contributed by atoms with Crippen molar-refractivity contribution in [1.29, 1.82) is 0 Å². The Kier molecular flexibility index (Phi) is 4.05. The highest BCUT2D eigenvalue weighted by Crippen LogP contribution is 2.47. The summed E-state index contributed by atoms with van der Waals surface area (Å²) in [5, 5.41) is 77.3. The summed E-state index contributed by atoms with van der Waals surface area (Å²) in [4.78, 5) is 22.9. The Hall–Kier alpha value is -3.70. The second-order valence-electron chi connectivity index (χ2n) is 5.11. The summed E-state index contributed by atoms with van der Waals surface area (Å²) in [5.74, 6) is -9.60. The van der Waals surface area contributed by atoms with E-state index in [0.717, 1.165) is 0 Å². The molecule has 12 heteroatoms. The van der Waals surface area contributed by atoms with Crippen molar-refractivity contribution in [2.24, 2.45) is 0 Å². The molecular weight excluding hydrogens is 344 g/mol. The molecule has 8 N–H and O–H groups in total.